The molecular formula is C27H28N2O4. The molecule has 3 aromatic carbocycles. The van der Waals surface area contributed by atoms with Crippen molar-refractivity contribution >= 4 is 12.0 Å². The first-order chi connectivity index (χ1) is 16.1. The van der Waals surface area contributed by atoms with Gasteiger partial charge < -0.3 is 19.7 Å². The second-order valence-electron chi connectivity index (χ2n) is 8.19. The zero-order chi connectivity index (χ0) is 23.2. The largest absolute Gasteiger partial charge is 0.497 e. The fraction of sp³-hybridized carbons (Fsp3) is 0.259. The molecule has 3 aromatic rings. The lowest BCUT2D eigenvalue weighted by Crippen LogP contribution is -2.61. The van der Waals surface area contributed by atoms with Crippen molar-refractivity contribution in [3.63, 3.8) is 0 Å². The molecule has 6 nitrogen and oxygen atoms in total. The van der Waals surface area contributed by atoms with Crippen LogP contribution < -0.4 is 10.1 Å². The second-order valence-corrected chi connectivity index (χ2v) is 8.19. The molecule has 0 spiro atoms. The Morgan fingerprint density at radius 2 is 1.58 bits per heavy atom. The number of nitrogens with one attached hydrogen (secondary N) is 1. The number of hydrogen-bond donors (Lipinski definition) is 1. The number of hydrogen-bond acceptors (Lipinski definition) is 4. The van der Waals surface area contributed by atoms with Gasteiger partial charge in [-0.25, -0.2) is 4.79 Å². The van der Waals surface area contributed by atoms with Gasteiger partial charge in [0.2, 0.25) is 5.91 Å². The Morgan fingerprint density at radius 1 is 0.939 bits per heavy atom. The van der Waals surface area contributed by atoms with Crippen molar-refractivity contribution < 1.29 is 19.1 Å². The maximum atomic E-state index is 13.2. The standard InChI is InChI=1S/C27H28N2O4/c1-19(28-27(31)33-18-21-9-5-3-6-10-21)24-25(22-11-7-4-8-12-22)29(26(24)30)17-20-13-15-23(32-2)16-14-20/h3-16,19,24-25H,17-18H2,1-2H3,(H,28,31)/t19-,24+,25+/m0/s1. The summed E-state index contributed by atoms with van der Waals surface area (Å²) in [4.78, 5) is 27.4. The minimum atomic E-state index is -0.528. The van der Waals surface area contributed by atoms with Crippen LogP contribution in [0.5, 0.6) is 5.75 Å². The molecule has 0 saturated carbocycles. The number of alkyl carbamates (subject to hydrolysis) is 1. The molecule has 4 rings (SSSR count). The fourth-order valence-electron chi connectivity index (χ4n) is 4.24. The highest BCUT2D eigenvalue weighted by atomic mass is 16.5. The highest BCUT2D eigenvalue weighted by molar-refractivity contribution is 5.88. The molecule has 1 fully saturated rings. The topological polar surface area (TPSA) is 67.9 Å². The molecule has 170 valence electrons. The molecule has 0 unspecified atom stereocenters. The molecule has 6 heteroatoms. The minimum Gasteiger partial charge on any atom is -0.497 e. The van der Waals surface area contributed by atoms with Gasteiger partial charge in [0.15, 0.2) is 0 Å². The van der Waals surface area contributed by atoms with Crippen molar-refractivity contribution in [1.82, 2.24) is 10.2 Å². The van der Waals surface area contributed by atoms with E-state index in [1.807, 2.05) is 96.8 Å². The molecule has 33 heavy (non-hydrogen) atoms. The van der Waals surface area contributed by atoms with Gasteiger partial charge in [0.25, 0.3) is 0 Å². The van der Waals surface area contributed by atoms with Gasteiger partial charge in [-0.15, -0.1) is 0 Å². The lowest BCUT2D eigenvalue weighted by Gasteiger charge is -2.50. The van der Waals surface area contributed by atoms with E-state index in [0.29, 0.717) is 6.54 Å². The van der Waals surface area contributed by atoms with Crippen LogP contribution in [0.25, 0.3) is 0 Å². The highest BCUT2D eigenvalue weighted by Gasteiger charge is 2.50. The number of carbonyl (C=O) groups excluding carboxylic acids is 2. The Labute approximate surface area is 194 Å². The molecule has 1 aliphatic heterocycles. The van der Waals surface area contributed by atoms with Gasteiger partial charge in [0.05, 0.1) is 19.1 Å². The summed E-state index contributed by atoms with van der Waals surface area (Å²) in [6.45, 7) is 2.53. The number of methoxy groups -OCH3 is 1. The fourth-order valence-corrected chi connectivity index (χ4v) is 4.24. The predicted octanol–water partition coefficient (Wildman–Crippen LogP) is 4.71. The van der Waals surface area contributed by atoms with Crippen LogP contribution in [0, 0.1) is 5.92 Å². The average molecular weight is 445 g/mol. The summed E-state index contributed by atoms with van der Waals surface area (Å²) in [5.41, 5.74) is 2.97. The van der Waals surface area contributed by atoms with E-state index >= 15 is 0 Å². The summed E-state index contributed by atoms with van der Waals surface area (Å²) in [5, 5.41) is 2.86. The van der Waals surface area contributed by atoms with Gasteiger partial charge in [-0.2, -0.15) is 0 Å². The molecule has 0 radical (unpaired) electrons. The van der Waals surface area contributed by atoms with Crippen molar-refractivity contribution in [2.75, 3.05) is 7.11 Å². The molecular weight excluding hydrogens is 416 g/mol. The first-order valence-electron chi connectivity index (χ1n) is 11.0. The van der Waals surface area contributed by atoms with Crippen molar-refractivity contribution in [1.29, 1.82) is 0 Å². The molecule has 2 amide bonds. The third kappa shape index (κ3) is 5.17. The van der Waals surface area contributed by atoms with Crippen LogP contribution >= 0.6 is 0 Å². The van der Waals surface area contributed by atoms with Crippen molar-refractivity contribution in [2.45, 2.75) is 32.2 Å². The zero-order valence-electron chi connectivity index (χ0n) is 18.8. The maximum Gasteiger partial charge on any atom is 0.407 e. The van der Waals surface area contributed by atoms with Gasteiger partial charge >= 0.3 is 6.09 Å². The van der Waals surface area contributed by atoms with E-state index in [9.17, 15) is 9.59 Å². The first kappa shape index (κ1) is 22.4. The van der Waals surface area contributed by atoms with Crippen LogP contribution in [0.2, 0.25) is 0 Å². The van der Waals surface area contributed by atoms with Crippen molar-refractivity contribution in [3.8, 4) is 5.75 Å². The lowest BCUT2D eigenvalue weighted by molar-refractivity contribution is -0.160. The number of rotatable bonds is 8. The third-order valence-corrected chi connectivity index (χ3v) is 5.99. The predicted molar refractivity (Wildman–Crippen MR) is 125 cm³/mol. The molecule has 1 saturated heterocycles. The van der Waals surface area contributed by atoms with Crippen molar-refractivity contribution in [2.24, 2.45) is 5.92 Å². The van der Waals surface area contributed by atoms with E-state index in [1.54, 1.807) is 7.11 Å². The highest BCUT2D eigenvalue weighted by Crippen LogP contribution is 2.43. The second kappa shape index (κ2) is 10.2. The number of β-lactam (4-membered cyclic amide) rings is 1. The SMILES string of the molecule is COc1ccc(CN2C(=O)[C@H]([C@H](C)NC(=O)OCc3ccccc3)[C@H]2c2ccccc2)cc1. The molecule has 1 N–H and O–H groups in total. The monoisotopic (exact) mass is 444 g/mol. The smallest absolute Gasteiger partial charge is 0.407 e. The van der Waals surface area contributed by atoms with E-state index in [2.05, 4.69) is 5.32 Å². The van der Waals surface area contributed by atoms with E-state index in [4.69, 9.17) is 9.47 Å². The molecule has 1 heterocycles. The van der Waals surface area contributed by atoms with E-state index in [0.717, 1.165) is 22.4 Å². The molecule has 0 aromatic heterocycles. The number of amides is 2. The summed E-state index contributed by atoms with van der Waals surface area (Å²) in [6, 6.07) is 26.6. The van der Waals surface area contributed by atoms with Crippen LogP contribution in [-0.4, -0.2) is 30.1 Å². The van der Waals surface area contributed by atoms with E-state index in [1.165, 1.54) is 0 Å². The van der Waals surface area contributed by atoms with Gasteiger partial charge in [0, 0.05) is 12.6 Å². The maximum absolute atomic E-state index is 13.2. The van der Waals surface area contributed by atoms with Crippen LogP contribution in [0.3, 0.4) is 0 Å². The number of benzene rings is 3. The summed E-state index contributed by atoms with van der Waals surface area (Å²) >= 11 is 0. The summed E-state index contributed by atoms with van der Waals surface area (Å²) in [5.74, 6) is 0.420. The van der Waals surface area contributed by atoms with Crippen LogP contribution in [0.1, 0.15) is 29.7 Å². The zero-order valence-corrected chi connectivity index (χ0v) is 18.8. The van der Waals surface area contributed by atoms with Crippen LogP contribution in [0.15, 0.2) is 84.9 Å². The quantitative estimate of drug-likeness (QED) is 0.511. The molecule has 1 aliphatic rings. The van der Waals surface area contributed by atoms with Crippen LogP contribution in [-0.2, 0) is 22.7 Å². The van der Waals surface area contributed by atoms with E-state index < -0.39 is 6.09 Å². The first-order valence-corrected chi connectivity index (χ1v) is 11.0. The van der Waals surface area contributed by atoms with Crippen LogP contribution in [0.4, 0.5) is 4.79 Å². The van der Waals surface area contributed by atoms with Crippen molar-refractivity contribution in [3.05, 3.63) is 102 Å². The Bertz CT molecular complexity index is 1070. The Balaban J connectivity index is 1.44. The Kier molecular flexibility index (Phi) is 6.93. The number of carbonyl (C=O) groups is 2. The number of nitrogens with zero attached hydrogens (tertiary/aromatic N) is 1. The normalized spacial score (nSPS) is 18.2. The average Bonchev–Trinajstić information content (AvgIpc) is 2.85. The summed E-state index contributed by atoms with van der Waals surface area (Å²) < 4.78 is 10.6. The number of likely N-dealkylation sites (tertiary alicyclic amines) is 1. The molecule has 0 bridgehead atoms. The Hall–Kier alpha value is -3.80. The third-order valence-electron chi connectivity index (χ3n) is 5.99. The summed E-state index contributed by atoms with van der Waals surface area (Å²) in [6.07, 6.45) is -0.528. The van der Waals surface area contributed by atoms with E-state index in [-0.39, 0.29) is 30.5 Å². The van der Waals surface area contributed by atoms with Gasteiger partial charge in [-0.1, -0.05) is 72.8 Å². The lowest BCUT2D eigenvalue weighted by atomic mass is 9.77. The Morgan fingerprint density at radius 3 is 2.21 bits per heavy atom. The van der Waals surface area contributed by atoms with Gasteiger partial charge in [-0.05, 0) is 35.7 Å². The molecule has 3 atom stereocenters. The number of ether oxygens (including phenoxy) is 2. The molecule has 0 aliphatic carbocycles. The summed E-state index contributed by atoms with van der Waals surface area (Å²) in [7, 11) is 1.63. The van der Waals surface area contributed by atoms with Gasteiger partial charge in [0.1, 0.15) is 12.4 Å². The minimum absolute atomic E-state index is 0.00975. The van der Waals surface area contributed by atoms with Gasteiger partial charge in [-0.3, -0.25) is 4.79 Å².